The van der Waals surface area contributed by atoms with Crippen molar-refractivity contribution >= 4 is 0 Å². The third-order valence-electron chi connectivity index (χ3n) is 6.63. The molecule has 1 heterocycles. The van der Waals surface area contributed by atoms with Crippen molar-refractivity contribution in [2.45, 2.75) is 97.2 Å². The van der Waals surface area contributed by atoms with E-state index >= 15 is 0 Å². The Morgan fingerprint density at radius 2 is 1.37 bits per heavy atom. The van der Waals surface area contributed by atoms with E-state index in [0.717, 1.165) is 19.6 Å². The average Bonchev–Trinajstić information content (AvgIpc) is 2.58. The number of likely N-dealkylation sites (N-methyl/N-ethyl adjacent to an activating group) is 1. The molecule has 0 unspecified atom stereocenters. The van der Waals surface area contributed by atoms with Gasteiger partial charge in [-0.15, -0.1) is 0 Å². The van der Waals surface area contributed by atoms with E-state index in [1.54, 1.807) is 0 Å². The Morgan fingerprint density at radius 1 is 0.778 bits per heavy atom. The summed E-state index contributed by atoms with van der Waals surface area (Å²) in [5.41, 5.74) is 0.768. The van der Waals surface area contributed by atoms with Crippen LogP contribution >= 0.6 is 0 Å². The molecule has 162 valence electrons. The van der Waals surface area contributed by atoms with Crippen molar-refractivity contribution in [1.82, 2.24) is 20.0 Å². The predicted octanol–water partition coefficient (Wildman–Crippen LogP) is 4.06. The summed E-state index contributed by atoms with van der Waals surface area (Å²) in [4.78, 5) is 7.65. The number of hydrogen-bond acceptors (Lipinski definition) is 4. The van der Waals surface area contributed by atoms with Crippen molar-refractivity contribution in [2.24, 2.45) is 0 Å². The van der Waals surface area contributed by atoms with E-state index in [9.17, 15) is 0 Å². The first kappa shape index (κ1) is 24.9. The molecule has 0 radical (unpaired) electrons. The summed E-state index contributed by atoms with van der Waals surface area (Å²) >= 11 is 0. The third-order valence-corrected chi connectivity index (χ3v) is 6.63. The van der Waals surface area contributed by atoms with Crippen molar-refractivity contribution in [3.05, 3.63) is 0 Å². The molecule has 1 saturated heterocycles. The Balaban J connectivity index is 2.26. The summed E-state index contributed by atoms with van der Waals surface area (Å²) in [7, 11) is 4.50. The zero-order valence-electron chi connectivity index (χ0n) is 20.1. The quantitative estimate of drug-likeness (QED) is 0.581. The van der Waals surface area contributed by atoms with Crippen LogP contribution in [-0.2, 0) is 0 Å². The van der Waals surface area contributed by atoms with Crippen LogP contribution < -0.4 is 5.32 Å². The molecule has 1 N–H and O–H groups in total. The maximum atomic E-state index is 3.78. The van der Waals surface area contributed by atoms with Gasteiger partial charge in [-0.1, -0.05) is 6.42 Å². The smallest absolute Gasteiger partial charge is 0.0165 e. The first-order valence-electron chi connectivity index (χ1n) is 11.2. The number of nitrogens with one attached hydrogen (secondary N) is 1. The Labute approximate surface area is 171 Å². The van der Waals surface area contributed by atoms with Gasteiger partial charge in [-0.2, -0.15) is 0 Å². The van der Waals surface area contributed by atoms with Gasteiger partial charge in [0.15, 0.2) is 0 Å². The minimum Gasteiger partial charge on any atom is -0.310 e. The molecular formula is C23H50N4. The van der Waals surface area contributed by atoms with Crippen LogP contribution in [0.4, 0.5) is 0 Å². The molecule has 4 heteroatoms. The summed E-state index contributed by atoms with van der Waals surface area (Å²) in [6.45, 7) is 23.5. The monoisotopic (exact) mass is 382 g/mol. The van der Waals surface area contributed by atoms with Crippen molar-refractivity contribution in [3.63, 3.8) is 0 Å². The van der Waals surface area contributed by atoms with E-state index in [0.29, 0.717) is 5.54 Å². The van der Waals surface area contributed by atoms with E-state index in [-0.39, 0.29) is 11.1 Å². The molecule has 0 atom stereocenters. The Kier molecular flexibility index (Phi) is 9.74. The Hall–Kier alpha value is -0.160. The minimum absolute atomic E-state index is 0.188. The fraction of sp³-hybridized carbons (Fsp3) is 1.00. The summed E-state index contributed by atoms with van der Waals surface area (Å²) in [6, 6.07) is 0. The molecule has 0 spiro atoms. The zero-order chi connectivity index (χ0) is 20.7. The van der Waals surface area contributed by atoms with Crippen LogP contribution in [0.1, 0.15) is 80.6 Å². The topological polar surface area (TPSA) is 21.8 Å². The molecule has 1 rings (SSSR count). The SMILES string of the molecule is CN(CCNC(C)(C)CCN(C)C(C)(C)C)CCC(C)(C)N1CCCCC1. The lowest BCUT2D eigenvalue weighted by molar-refractivity contribution is 0.0790. The van der Waals surface area contributed by atoms with Crippen LogP contribution in [0.15, 0.2) is 0 Å². The maximum absolute atomic E-state index is 3.78. The van der Waals surface area contributed by atoms with E-state index < -0.39 is 0 Å². The van der Waals surface area contributed by atoms with Gasteiger partial charge in [0, 0.05) is 36.3 Å². The zero-order valence-corrected chi connectivity index (χ0v) is 20.1. The maximum Gasteiger partial charge on any atom is 0.0165 e. The second-order valence-corrected chi connectivity index (χ2v) is 11.1. The average molecular weight is 383 g/mol. The number of likely N-dealkylation sites (tertiary alicyclic amines) is 1. The highest BCUT2D eigenvalue weighted by Gasteiger charge is 2.28. The van der Waals surface area contributed by atoms with Gasteiger partial charge in [-0.05, 0) is 108 Å². The third kappa shape index (κ3) is 9.74. The number of piperidine rings is 1. The van der Waals surface area contributed by atoms with Gasteiger partial charge < -0.3 is 15.1 Å². The molecule has 0 bridgehead atoms. The van der Waals surface area contributed by atoms with Gasteiger partial charge in [-0.3, -0.25) is 4.90 Å². The van der Waals surface area contributed by atoms with Crippen molar-refractivity contribution in [2.75, 3.05) is 53.4 Å². The highest BCUT2D eigenvalue weighted by atomic mass is 15.2. The fourth-order valence-corrected chi connectivity index (χ4v) is 3.69. The molecule has 1 fully saturated rings. The van der Waals surface area contributed by atoms with Crippen molar-refractivity contribution in [1.29, 1.82) is 0 Å². The van der Waals surface area contributed by atoms with E-state index in [4.69, 9.17) is 0 Å². The van der Waals surface area contributed by atoms with E-state index in [1.165, 1.54) is 51.7 Å². The summed E-state index contributed by atoms with van der Waals surface area (Å²) < 4.78 is 0. The van der Waals surface area contributed by atoms with Crippen LogP contribution in [0, 0.1) is 0 Å². The van der Waals surface area contributed by atoms with Crippen LogP contribution in [0.3, 0.4) is 0 Å². The minimum atomic E-state index is 0.188. The molecule has 27 heavy (non-hydrogen) atoms. The molecule has 0 saturated carbocycles. The first-order valence-corrected chi connectivity index (χ1v) is 11.2. The van der Waals surface area contributed by atoms with Gasteiger partial charge in [0.1, 0.15) is 0 Å². The van der Waals surface area contributed by atoms with Gasteiger partial charge in [0.05, 0.1) is 0 Å². The molecule has 1 aliphatic rings. The highest BCUT2D eigenvalue weighted by molar-refractivity contribution is 4.85. The predicted molar refractivity (Wildman–Crippen MR) is 121 cm³/mol. The van der Waals surface area contributed by atoms with Crippen molar-refractivity contribution in [3.8, 4) is 0 Å². The number of hydrogen-bond donors (Lipinski definition) is 1. The molecule has 0 aromatic carbocycles. The van der Waals surface area contributed by atoms with Crippen LogP contribution in [0.2, 0.25) is 0 Å². The second-order valence-electron chi connectivity index (χ2n) is 11.1. The molecule has 0 aromatic rings. The number of rotatable bonds is 11. The highest BCUT2D eigenvalue weighted by Crippen LogP contribution is 2.23. The first-order chi connectivity index (χ1) is 12.3. The standard InChI is InChI=1S/C23H50N4/c1-21(2,3)26(9)19-13-22(4,5)24-15-20-25(8)18-14-23(6,7)27-16-11-10-12-17-27/h24H,10-20H2,1-9H3. The lowest BCUT2D eigenvalue weighted by atomic mass is 9.94. The summed E-state index contributed by atoms with van der Waals surface area (Å²) in [5.74, 6) is 0. The lowest BCUT2D eigenvalue weighted by Crippen LogP contribution is -2.49. The van der Waals surface area contributed by atoms with E-state index in [1.807, 2.05) is 0 Å². The molecular weight excluding hydrogens is 332 g/mol. The molecule has 0 aromatic heterocycles. The van der Waals surface area contributed by atoms with Gasteiger partial charge >= 0.3 is 0 Å². The van der Waals surface area contributed by atoms with Gasteiger partial charge in [0.2, 0.25) is 0 Å². The molecule has 0 aliphatic carbocycles. The fourth-order valence-electron chi connectivity index (χ4n) is 3.69. The summed E-state index contributed by atoms with van der Waals surface area (Å²) in [6.07, 6.45) is 6.60. The summed E-state index contributed by atoms with van der Waals surface area (Å²) in [5, 5.41) is 3.78. The normalized spacial score (nSPS) is 17.9. The Bertz CT molecular complexity index is 405. The number of nitrogens with zero attached hydrogens (tertiary/aromatic N) is 3. The van der Waals surface area contributed by atoms with Gasteiger partial charge in [0.25, 0.3) is 0 Å². The molecule has 0 amide bonds. The van der Waals surface area contributed by atoms with E-state index in [2.05, 4.69) is 82.6 Å². The van der Waals surface area contributed by atoms with Gasteiger partial charge in [-0.25, -0.2) is 0 Å². The van der Waals surface area contributed by atoms with Crippen LogP contribution in [0.5, 0.6) is 0 Å². The largest absolute Gasteiger partial charge is 0.310 e. The Morgan fingerprint density at radius 3 is 1.93 bits per heavy atom. The van der Waals surface area contributed by atoms with Crippen molar-refractivity contribution < 1.29 is 0 Å². The lowest BCUT2D eigenvalue weighted by Gasteiger charge is -2.42. The van der Waals surface area contributed by atoms with Crippen LogP contribution in [0.25, 0.3) is 0 Å². The molecule has 4 nitrogen and oxygen atoms in total. The second kappa shape index (κ2) is 10.6. The molecule has 1 aliphatic heterocycles. The van der Waals surface area contributed by atoms with Crippen LogP contribution in [-0.4, -0.2) is 84.7 Å².